The lowest BCUT2D eigenvalue weighted by molar-refractivity contribution is 0.190. The summed E-state index contributed by atoms with van der Waals surface area (Å²) in [5, 5.41) is 14.0. The number of aromatic nitrogens is 5. The van der Waals surface area contributed by atoms with Gasteiger partial charge in [-0.2, -0.15) is 0 Å². The third-order valence-electron chi connectivity index (χ3n) is 7.68. The van der Waals surface area contributed by atoms with Crippen LogP contribution in [-0.2, 0) is 18.5 Å². The van der Waals surface area contributed by atoms with Gasteiger partial charge in [-0.25, -0.2) is 4.68 Å². The fourth-order valence-electron chi connectivity index (χ4n) is 5.01. The first-order valence-electron chi connectivity index (χ1n) is 13.7. The van der Waals surface area contributed by atoms with Crippen molar-refractivity contribution in [1.82, 2.24) is 30.1 Å². The van der Waals surface area contributed by atoms with Gasteiger partial charge in [0, 0.05) is 29.6 Å². The molecule has 1 atom stereocenters. The van der Waals surface area contributed by atoms with Gasteiger partial charge in [-0.1, -0.05) is 67.6 Å². The Hall–Kier alpha value is -4.30. The van der Waals surface area contributed by atoms with Crippen molar-refractivity contribution in [3.05, 3.63) is 118 Å². The lowest BCUT2D eigenvalue weighted by Crippen LogP contribution is -2.39. The van der Waals surface area contributed by atoms with Crippen LogP contribution in [0.15, 0.2) is 89.7 Å². The van der Waals surface area contributed by atoms with Crippen LogP contribution >= 0.6 is 0 Å². The minimum atomic E-state index is -0.496. The summed E-state index contributed by atoms with van der Waals surface area (Å²) in [4.78, 5) is 19.2. The predicted octanol–water partition coefficient (Wildman–Crippen LogP) is 5.50. The highest BCUT2D eigenvalue weighted by atomic mass is 16.5. The number of nitrogens with one attached hydrogen (secondary N) is 1. The van der Waals surface area contributed by atoms with Gasteiger partial charge in [0.05, 0.1) is 12.6 Å². The topological polar surface area (TPSA) is 88.9 Å². The maximum atomic E-state index is 13.8. The van der Waals surface area contributed by atoms with E-state index in [0.717, 1.165) is 35.1 Å². The van der Waals surface area contributed by atoms with Gasteiger partial charge in [0.2, 0.25) is 0 Å². The molecule has 0 aliphatic rings. The fraction of sp³-hybridized carbons (Fsp3) is 0.312. The molecule has 3 aromatic carbocycles. The molecule has 8 nitrogen and oxygen atoms in total. The number of ether oxygens (including phenoxy) is 1. The molecule has 0 amide bonds. The van der Waals surface area contributed by atoms with Gasteiger partial charge in [-0.3, -0.25) is 9.69 Å². The van der Waals surface area contributed by atoms with Crippen LogP contribution < -0.4 is 10.3 Å². The zero-order valence-corrected chi connectivity index (χ0v) is 23.5. The molecule has 1 N–H and O–H groups in total. The van der Waals surface area contributed by atoms with Crippen LogP contribution in [0.1, 0.15) is 55.7 Å². The molecule has 0 unspecified atom stereocenters. The van der Waals surface area contributed by atoms with E-state index in [9.17, 15) is 4.79 Å². The van der Waals surface area contributed by atoms with Crippen molar-refractivity contribution in [3.63, 3.8) is 0 Å². The molecule has 5 aromatic rings. The standard InChI is InChI=1S/C32H36N6O2/c1-5-32(2,3)38-30(34-35-36-38)29(27-21-25-20-26(40-4)16-17-28(25)33-31(27)39)37(22-24-14-10-7-11-15-24)19-18-23-12-8-6-9-13-23/h6-17,20-21,29H,5,18-19,22H2,1-4H3,(H,33,39)/t29-/m1/s1. The number of hydrogen-bond acceptors (Lipinski definition) is 6. The van der Waals surface area contributed by atoms with Crippen LogP contribution in [0.5, 0.6) is 5.75 Å². The van der Waals surface area contributed by atoms with E-state index in [1.807, 2.05) is 53.2 Å². The van der Waals surface area contributed by atoms with Crippen molar-refractivity contribution in [2.45, 2.75) is 51.7 Å². The van der Waals surface area contributed by atoms with Gasteiger partial charge >= 0.3 is 0 Å². The first kappa shape index (κ1) is 27.3. The lowest BCUT2D eigenvalue weighted by Gasteiger charge is -2.33. The second kappa shape index (κ2) is 11.8. The molecule has 206 valence electrons. The van der Waals surface area contributed by atoms with Gasteiger partial charge in [-0.05, 0) is 72.5 Å². The second-order valence-electron chi connectivity index (χ2n) is 10.7. The minimum absolute atomic E-state index is 0.163. The number of methoxy groups -OCH3 is 1. The summed E-state index contributed by atoms with van der Waals surface area (Å²) in [5.41, 5.74) is 3.21. The van der Waals surface area contributed by atoms with Crippen LogP contribution in [0.3, 0.4) is 0 Å². The average Bonchev–Trinajstić information content (AvgIpc) is 3.47. The lowest BCUT2D eigenvalue weighted by atomic mass is 9.98. The molecule has 2 heterocycles. The number of nitrogens with zero attached hydrogens (tertiary/aromatic N) is 5. The Labute approximate surface area is 234 Å². The molecule has 0 aliphatic heterocycles. The van der Waals surface area contributed by atoms with Crippen LogP contribution in [0.2, 0.25) is 0 Å². The number of aromatic amines is 1. The van der Waals surface area contributed by atoms with Gasteiger partial charge in [0.25, 0.3) is 5.56 Å². The number of fused-ring (bicyclic) bond motifs is 1. The Morgan fingerprint density at radius 3 is 2.35 bits per heavy atom. The van der Waals surface area contributed by atoms with E-state index in [1.165, 1.54) is 5.56 Å². The summed E-state index contributed by atoms with van der Waals surface area (Å²) < 4.78 is 7.36. The zero-order valence-electron chi connectivity index (χ0n) is 23.5. The highest BCUT2D eigenvalue weighted by molar-refractivity contribution is 5.80. The Balaban J connectivity index is 1.69. The number of rotatable bonds is 11. The molecular formula is C32H36N6O2. The summed E-state index contributed by atoms with van der Waals surface area (Å²) in [7, 11) is 1.64. The zero-order chi connectivity index (χ0) is 28.1. The molecule has 5 rings (SSSR count). The van der Waals surface area contributed by atoms with Crippen molar-refractivity contribution >= 4 is 10.9 Å². The molecule has 0 saturated carbocycles. The number of H-pyrrole nitrogens is 1. The molecule has 0 radical (unpaired) electrons. The molecule has 2 aromatic heterocycles. The van der Waals surface area contributed by atoms with Crippen molar-refractivity contribution in [2.75, 3.05) is 13.7 Å². The van der Waals surface area contributed by atoms with E-state index >= 15 is 0 Å². The quantitative estimate of drug-likeness (QED) is 0.240. The van der Waals surface area contributed by atoms with E-state index in [-0.39, 0.29) is 11.1 Å². The van der Waals surface area contributed by atoms with Gasteiger partial charge < -0.3 is 9.72 Å². The third kappa shape index (κ3) is 5.82. The van der Waals surface area contributed by atoms with Crippen molar-refractivity contribution in [1.29, 1.82) is 0 Å². The van der Waals surface area contributed by atoms with Crippen LogP contribution in [0, 0.1) is 0 Å². The molecule has 0 fully saturated rings. The smallest absolute Gasteiger partial charge is 0.253 e. The van der Waals surface area contributed by atoms with Crippen LogP contribution in [0.4, 0.5) is 0 Å². The highest BCUT2D eigenvalue weighted by Gasteiger charge is 2.34. The maximum absolute atomic E-state index is 13.8. The summed E-state index contributed by atoms with van der Waals surface area (Å²) in [6.45, 7) is 7.66. The average molecular weight is 537 g/mol. The number of hydrogen-bond donors (Lipinski definition) is 1. The Kier molecular flexibility index (Phi) is 8.07. The predicted molar refractivity (Wildman–Crippen MR) is 157 cm³/mol. The third-order valence-corrected chi connectivity index (χ3v) is 7.68. The Bertz CT molecular complexity index is 1610. The van der Waals surface area contributed by atoms with Gasteiger partial charge in [0.15, 0.2) is 5.82 Å². The number of tetrazole rings is 1. The Morgan fingerprint density at radius 1 is 0.975 bits per heavy atom. The molecule has 40 heavy (non-hydrogen) atoms. The number of benzene rings is 3. The van der Waals surface area contributed by atoms with E-state index < -0.39 is 6.04 Å². The normalized spacial score (nSPS) is 12.6. The minimum Gasteiger partial charge on any atom is -0.497 e. The summed E-state index contributed by atoms with van der Waals surface area (Å²) in [5.74, 6) is 1.37. The monoisotopic (exact) mass is 536 g/mol. The van der Waals surface area contributed by atoms with Crippen molar-refractivity contribution in [2.24, 2.45) is 0 Å². The summed E-state index contributed by atoms with van der Waals surface area (Å²) >= 11 is 0. The highest BCUT2D eigenvalue weighted by Crippen LogP contribution is 2.32. The SMILES string of the molecule is CCC(C)(C)n1nnnc1[C@@H](c1cc2cc(OC)ccc2[nH]c1=O)N(CCc1ccccc1)Cc1ccccc1. The largest absolute Gasteiger partial charge is 0.497 e. The second-order valence-corrected chi connectivity index (χ2v) is 10.7. The summed E-state index contributed by atoms with van der Waals surface area (Å²) in [6, 6.07) is 27.8. The summed E-state index contributed by atoms with van der Waals surface area (Å²) in [6.07, 6.45) is 1.63. The van der Waals surface area contributed by atoms with E-state index in [4.69, 9.17) is 4.74 Å². The van der Waals surface area contributed by atoms with Crippen molar-refractivity contribution < 1.29 is 4.74 Å². The van der Waals surface area contributed by atoms with Crippen LogP contribution in [-0.4, -0.2) is 43.7 Å². The maximum Gasteiger partial charge on any atom is 0.253 e. The molecule has 0 saturated heterocycles. The number of pyridine rings is 1. The molecule has 0 aliphatic carbocycles. The Morgan fingerprint density at radius 2 is 1.68 bits per heavy atom. The van der Waals surface area contributed by atoms with Gasteiger partial charge in [-0.15, -0.1) is 5.10 Å². The van der Waals surface area contributed by atoms with Crippen molar-refractivity contribution in [3.8, 4) is 5.75 Å². The molecular weight excluding hydrogens is 500 g/mol. The fourth-order valence-corrected chi connectivity index (χ4v) is 5.01. The van der Waals surface area contributed by atoms with Crippen LogP contribution in [0.25, 0.3) is 10.9 Å². The first-order chi connectivity index (χ1) is 19.4. The molecule has 0 bridgehead atoms. The van der Waals surface area contributed by atoms with E-state index in [1.54, 1.807) is 7.11 Å². The molecule has 8 heteroatoms. The first-order valence-corrected chi connectivity index (χ1v) is 13.7. The van der Waals surface area contributed by atoms with E-state index in [0.29, 0.717) is 24.5 Å². The van der Waals surface area contributed by atoms with E-state index in [2.05, 4.69) is 82.6 Å². The van der Waals surface area contributed by atoms with Gasteiger partial charge in [0.1, 0.15) is 11.8 Å². The molecule has 0 spiro atoms.